The fourth-order valence-electron chi connectivity index (χ4n) is 4.33. The molecule has 2 aromatic carbocycles. The molecule has 2 aliphatic heterocycles. The van der Waals surface area contributed by atoms with Gasteiger partial charge in [-0.3, -0.25) is 10.00 Å². The minimum Gasteiger partial charge on any atom is -0.296 e. The van der Waals surface area contributed by atoms with Crippen molar-refractivity contribution in [2.75, 3.05) is 18.1 Å². The lowest BCUT2D eigenvalue weighted by Gasteiger charge is -2.36. The lowest BCUT2D eigenvalue weighted by Crippen LogP contribution is -2.41. The molecule has 1 saturated heterocycles. The van der Waals surface area contributed by atoms with E-state index in [2.05, 4.69) is 64.2 Å². The molecular formula is C21H23N3S. The van der Waals surface area contributed by atoms with Crippen LogP contribution in [0.3, 0.4) is 0 Å². The zero-order valence-electron chi connectivity index (χ0n) is 14.4. The van der Waals surface area contributed by atoms with Gasteiger partial charge in [0.1, 0.15) is 0 Å². The SMILES string of the molecule is c1ccc2c(-c3n[nH]c4c3CN(C3CCSCC3)CC4)cccc2c1. The number of aromatic amines is 1. The summed E-state index contributed by atoms with van der Waals surface area (Å²) in [5, 5.41) is 10.7. The molecule has 2 aliphatic rings. The number of H-pyrrole nitrogens is 1. The van der Waals surface area contributed by atoms with Crippen LogP contribution in [-0.4, -0.2) is 39.2 Å². The number of fused-ring (bicyclic) bond motifs is 2. The highest BCUT2D eigenvalue weighted by molar-refractivity contribution is 7.99. The summed E-state index contributed by atoms with van der Waals surface area (Å²) in [5.74, 6) is 2.63. The van der Waals surface area contributed by atoms with Crippen LogP contribution in [0, 0.1) is 0 Å². The van der Waals surface area contributed by atoms with Crippen LogP contribution >= 0.6 is 11.8 Å². The summed E-state index contributed by atoms with van der Waals surface area (Å²) in [4.78, 5) is 2.70. The van der Waals surface area contributed by atoms with Gasteiger partial charge in [0.05, 0.1) is 5.69 Å². The Morgan fingerprint density at radius 3 is 2.80 bits per heavy atom. The Hall–Kier alpha value is -1.78. The van der Waals surface area contributed by atoms with Crippen molar-refractivity contribution in [2.24, 2.45) is 0 Å². The fourth-order valence-corrected chi connectivity index (χ4v) is 5.41. The van der Waals surface area contributed by atoms with Gasteiger partial charge in [-0.2, -0.15) is 16.9 Å². The van der Waals surface area contributed by atoms with Gasteiger partial charge in [-0.1, -0.05) is 42.5 Å². The molecule has 0 radical (unpaired) electrons. The molecule has 0 unspecified atom stereocenters. The molecule has 0 amide bonds. The second-order valence-corrected chi connectivity index (χ2v) is 8.34. The zero-order chi connectivity index (χ0) is 16.6. The molecule has 0 spiro atoms. The molecule has 0 aliphatic carbocycles. The molecule has 5 rings (SSSR count). The lowest BCUT2D eigenvalue weighted by atomic mass is 9.95. The van der Waals surface area contributed by atoms with Crippen LogP contribution in [0.15, 0.2) is 42.5 Å². The monoisotopic (exact) mass is 349 g/mol. The molecule has 0 atom stereocenters. The number of nitrogens with zero attached hydrogens (tertiary/aromatic N) is 2. The van der Waals surface area contributed by atoms with Crippen molar-refractivity contribution < 1.29 is 0 Å². The van der Waals surface area contributed by atoms with E-state index in [1.165, 1.54) is 58.5 Å². The maximum absolute atomic E-state index is 4.74. The first-order valence-electron chi connectivity index (χ1n) is 9.26. The average Bonchev–Trinajstić information content (AvgIpc) is 3.11. The van der Waals surface area contributed by atoms with E-state index in [0.29, 0.717) is 0 Å². The van der Waals surface area contributed by atoms with Crippen LogP contribution in [0.25, 0.3) is 22.0 Å². The van der Waals surface area contributed by atoms with E-state index in [9.17, 15) is 0 Å². The van der Waals surface area contributed by atoms with Crippen molar-refractivity contribution >= 4 is 22.5 Å². The molecule has 1 fully saturated rings. The van der Waals surface area contributed by atoms with E-state index >= 15 is 0 Å². The second-order valence-electron chi connectivity index (χ2n) is 7.12. The predicted octanol–water partition coefficient (Wildman–Crippen LogP) is 4.48. The van der Waals surface area contributed by atoms with Crippen LogP contribution in [0.1, 0.15) is 24.1 Å². The summed E-state index contributed by atoms with van der Waals surface area (Å²) >= 11 is 2.11. The van der Waals surface area contributed by atoms with Crippen molar-refractivity contribution in [1.82, 2.24) is 15.1 Å². The van der Waals surface area contributed by atoms with E-state index in [1.807, 2.05) is 0 Å². The van der Waals surface area contributed by atoms with Crippen molar-refractivity contribution in [2.45, 2.75) is 31.8 Å². The van der Waals surface area contributed by atoms with Gasteiger partial charge in [0.2, 0.25) is 0 Å². The highest BCUT2D eigenvalue weighted by Gasteiger charge is 2.28. The zero-order valence-corrected chi connectivity index (χ0v) is 15.2. The van der Waals surface area contributed by atoms with Gasteiger partial charge in [0, 0.05) is 42.4 Å². The number of nitrogens with one attached hydrogen (secondary N) is 1. The number of hydrogen-bond donors (Lipinski definition) is 1. The van der Waals surface area contributed by atoms with Gasteiger partial charge in [-0.15, -0.1) is 0 Å². The Labute approximate surface area is 152 Å². The number of rotatable bonds is 2. The van der Waals surface area contributed by atoms with Gasteiger partial charge in [-0.25, -0.2) is 0 Å². The van der Waals surface area contributed by atoms with Gasteiger partial charge in [-0.05, 0) is 35.1 Å². The maximum atomic E-state index is 4.74. The molecule has 3 aromatic rings. The molecule has 4 heteroatoms. The first-order chi connectivity index (χ1) is 12.4. The van der Waals surface area contributed by atoms with E-state index in [4.69, 9.17) is 5.10 Å². The quantitative estimate of drug-likeness (QED) is 0.740. The highest BCUT2D eigenvalue weighted by Crippen LogP contribution is 2.34. The third-order valence-electron chi connectivity index (χ3n) is 5.71. The van der Waals surface area contributed by atoms with Crippen molar-refractivity contribution in [1.29, 1.82) is 0 Å². The van der Waals surface area contributed by atoms with Crippen LogP contribution in [0.4, 0.5) is 0 Å². The smallest absolute Gasteiger partial charge is 0.0974 e. The number of hydrogen-bond acceptors (Lipinski definition) is 3. The standard InChI is InChI=1S/C21H23N3S/c1-2-6-17-15(4-1)5-3-7-18(17)21-19-14-24(11-8-20(19)22-23-21)16-9-12-25-13-10-16/h1-7,16H,8-14H2,(H,22,23). The largest absolute Gasteiger partial charge is 0.296 e. The Balaban J connectivity index is 1.53. The van der Waals surface area contributed by atoms with E-state index < -0.39 is 0 Å². The van der Waals surface area contributed by atoms with E-state index in [1.54, 1.807) is 0 Å². The maximum Gasteiger partial charge on any atom is 0.0974 e. The Bertz CT molecular complexity index is 890. The van der Waals surface area contributed by atoms with Crippen LogP contribution in [-0.2, 0) is 13.0 Å². The minimum atomic E-state index is 0.754. The van der Waals surface area contributed by atoms with Gasteiger partial charge < -0.3 is 0 Å². The summed E-state index contributed by atoms with van der Waals surface area (Å²) in [6, 6.07) is 15.9. The molecule has 3 heterocycles. The van der Waals surface area contributed by atoms with Crippen LogP contribution < -0.4 is 0 Å². The summed E-state index contributed by atoms with van der Waals surface area (Å²) in [7, 11) is 0. The molecule has 128 valence electrons. The molecule has 1 N–H and O–H groups in total. The highest BCUT2D eigenvalue weighted by atomic mass is 32.2. The number of thioether (sulfide) groups is 1. The van der Waals surface area contributed by atoms with Crippen LogP contribution in [0.2, 0.25) is 0 Å². The van der Waals surface area contributed by atoms with Gasteiger partial charge in [0.15, 0.2) is 0 Å². The summed E-state index contributed by atoms with van der Waals surface area (Å²) in [6.07, 6.45) is 3.76. The predicted molar refractivity (Wildman–Crippen MR) is 106 cm³/mol. The number of benzene rings is 2. The third-order valence-corrected chi connectivity index (χ3v) is 6.76. The molecule has 0 saturated carbocycles. The Kier molecular flexibility index (Phi) is 4.03. The molecule has 25 heavy (non-hydrogen) atoms. The second kappa shape index (κ2) is 6.50. The first kappa shape index (κ1) is 15.5. The normalized spacial score (nSPS) is 19.2. The summed E-state index contributed by atoms with van der Waals surface area (Å²) in [5.41, 5.74) is 5.17. The first-order valence-corrected chi connectivity index (χ1v) is 10.4. The number of aromatic nitrogens is 2. The van der Waals surface area contributed by atoms with E-state index in [-0.39, 0.29) is 0 Å². The van der Waals surface area contributed by atoms with Crippen LogP contribution in [0.5, 0.6) is 0 Å². The van der Waals surface area contributed by atoms with Crippen molar-refractivity contribution in [3.63, 3.8) is 0 Å². The van der Waals surface area contributed by atoms with Gasteiger partial charge in [0.25, 0.3) is 0 Å². The van der Waals surface area contributed by atoms with E-state index in [0.717, 1.165) is 24.7 Å². The minimum absolute atomic E-state index is 0.754. The van der Waals surface area contributed by atoms with Gasteiger partial charge >= 0.3 is 0 Å². The van der Waals surface area contributed by atoms with Crippen molar-refractivity contribution in [3.05, 3.63) is 53.7 Å². The Morgan fingerprint density at radius 2 is 1.88 bits per heavy atom. The molecule has 1 aromatic heterocycles. The van der Waals surface area contributed by atoms with Crippen molar-refractivity contribution in [3.8, 4) is 11.3 Å². The average molecular weight is 350 g/mol. The fraction of sp³-hybridized carbons (Fsp3) is 0.381. The topological polar surface area (TPSA) is 31.9 Å². The molecular weight excluding hydrogens is 326 g/mol. The Morgan fingerprint density at radius 1 is 1.04 bits per heavy atom. The summed E-state index contributed by atoms with van der Waals surface area (Å²) < 4.78 is 0. The lowest BCUT2D eigenvalue weighted by molar-refractivity contribution is 0.168. The molecule has 3 nitrogen and oxygen atoms in total. The molecule has 0 bridgehead atoms. The summed E-state index contributed by atoms with van der Waals surface area (Å²) in [6.45, 7) is 2.21. The third kappa shape index (κ3) is 2.77.